The zero-order chi connectivity index (χ0) is 28.2. The third-order valence-electron chi connectivity index (χ3n) is 10.7. The number of aliphatic hydroxyl groups is 1. The Hall–Kier alpha value is -2.53. The maximum atomic E-state index is 12.6. The first-order valence-corrected chi connectivity index (χ1v) is 13.8. The van der Waals surface area contributed by atoms with Crippen LogP contribution in [0.3, 0.4) is 0 Å². The van der Waals surface area contributed by atoms with Gasteiger partial charge in [0, 0.05) is 30.1 Å². The molecule has 5 rings (SSSR count). The van der Waals surface area contributed by atoms with Crippen LogP contribution in [0, 0.1) is 28.6 Å². The molecule has 1 spiro atoms. The van der Waals surface area contributed by atoms with Crippen LogP contribution < -0.4 is 0 Å². The molecular weight excluding hydrogens is 512 g/mol. The van der Waals surface area contributed by atoms with Crippen molar-refractivity contribution in [2.75, 3.05) is 21.3 Å². The van der Waals surface area contributed by atoms with Crippen molar-refractivity contribution in [3.05, 3.63) is 11.6 Å². The number of fused-ring (bicyclic) bond motifs is 6. The summed E-state index contributed by atoms with van der Waals surface area (Å²) >= 11 is 0. The van der Waals surface area contributed by atoms with E-state index in [9.17, 15) is 19.5 Å². The molecule has 218 valence electrons. The van der Waals surface area contributed by atoms with Gasteiger partial charge in [-0.25, -0.2) is 14.4 Å². The first-order chi connectivity index (χ1) is 18.5. The average Bonchev–Trinajstić information content (AvgIpc) is 3.43. The van der Waals surface area contributed by atoms with Gasteiger partial charge in [0.1, 0.15) is 18.3 Å². The second-order valence-electron chi connectivity index (χ2n) is 12.2. The average molecular weight is 553 g/mol. The fourth-order valence-electron chi connectivity index (χ4n) is 8.93. The Bertz CT molecular complexity index is 1030. The summed E-state index contributed by atoms with van der Waals surface area (Å²) in [5, 5.41) is 10.4. The Balaban J connectivity index is 1.59. The van der Waals surface area contributed by atoms with Crippen LogP contribution in [0.25, 0.3) is 0 Å². The van der Waals surface area contributed by atoms with Gasteiger partial charge in [-0.15, -0.1) is 0 Å². The fraction of sp³-hybridized carbons (Fsp3) is 0.821. The van der Waals surface area contributed by atoms with Crippen molar-refractivity contribution in [2.24, 2.45) is 28.6 Å². The lowest BCUT2D eigenvalue weighted by Gasteiger charge is -2.62. The van der Waals surface area contributed by atoms with Gasteiger partial charge in [-0.2, -0.15) is 0 Å². The van der Waals surface area contributed by atoms with E-state index in [2.05, 4.69) is 13.8 Å². The number of carbonyl (C=O) groups is 3. The normalized spacial score (nSPS) is 44.3. The van der Waals surface area contributed by atoms with Gasteiger partial charge < -0.3 is 38.3 Å². The first-order valence-electron chi connectivity index (χ1n) is 13.8. The zero-order valence-corrected chi connectivity index (χ0v) is 23.3. The number of aliphatic hydroxyl groups excluding tert-OH is 1. The molecule has 11 nitrogen and oxygen atoms in total. The summed E-state index contributed by atoms with van der Waals surface area (Å²) in [6.07, 6.45) is 2.34. The topological polar surface area (TPSA) is 136 Å². The summed E-state index contributed by atoms with van der Waals surface area (Å²) in [4.78, 5) is 36.9. The first kappa shape index (κ1) is 28.0. The van der Waals surface area contributed by atoms with Crippen molar-refractivity contribution in [3.8, 4) is 0 Å². The van der Waals surface area contributed by atoms with Crippen molar-refractivity contribution < 1.29 is 52.6 Å². The second-order valence-corrected chi connectivity index (χ2v) is 12.2. The highest BCUT2D eigenvalue weighted by Gasteiger charge is 2.71. The molecule has 39 heavy (non-hydrogen) atoms. The van der Waals surface area contributed by atoms with Crippen LogP contribution in [-0.4, -0.2) is 75.1 Å². The highest BCUT2D eigenvalue weighted by atomic mass is 16.7. The number of hydrogen-bond acceptors (Lipinski definition) is 11. The molecule has 0 bridgehead atoms. The molecule has 5 aliphatic rings. The summed E-state index contributed by atoms with van der Waals surface area (Å²) in [6, 6.07) is 0. The summed E-state index contributed by atoms with van der Waals surface area (Å²) in [5.41, 5.74) is -0.440. The SMILES string of the molecule is COC(=O)O[C@H]1CC[C@@]2(C)C(=C[C@H](OC(=O)OC)C3C2[C@H](OC(=O)OC)C[C@@]2(C)C3CCC23CCC(O)O3)C1. The molecule has 1 aliphatic heterocycles. The number of rotatable bonds is 3. The molecule has 0 radical (unpaired) electrons. The molecule has 0 aromatic carbocycles. The summed E-state index contributed by atoms with van der Waals surface area (Å²) in [5.74, 6) is -0.339. The van der Waals surface area contributed by atoms with Gasteiger partial charge in [0.05, 0.1) is 26.9 Å². The van der Waals surface area contributed by atoms with E-state index in [1.807, 2.05) is 6.08 Å². The second kappa shape index (κ2) is 10.1. The lowest BCUT2D eigenvalue weighted by Crippen LogP contribution is -2.63. The van der Waals surface area contributed by atoms with Crippen LogP contribution in [0.2, 0.25) is 0 Å². The lowest BCUT2D eigenvalue weighted by atomic mass is 9.45. The summed E-state index contributed by atoms with van der Waals surface area (Å²) < 4.78 is 38.2. The molecule has 4 aliphatic carbocycles. The Morgan fingerprint density at radius 2 is 1.54 bits per heavy atom. The highest BCUT2D eigenvalue weighted by Crippen LogP contribution is 2.70. The monoisotopic (exact) mass is 552 g/mol. The summed E-state index contributed by atoms with van der Waals surface area (Å²) in [6.45, 7) is 4.32. The van der Waals surface area contributed by atoms with Crippen LogP contribution in [0.1, 0.15) is 65.2 Å². The van der Waals surface area contributed by atoms with E-state index in [4.69, 9.17) is 33.2 Å². The number of ether oxygens (including phenoxy) is 7. The van der Waals surface area contributed by atoms with Gasteiger partial charge >= 0.3 is 18.5 Å². The summed E-state index contributed by atoms with van der Waals surface area (Å²) in [7, 11) is 3.83. The minimum atomic E-state index is -0.833. The molecule has 1 N–H and O–H groups in total. The van der Waals surface area contributed by atoms with Crippen molar-refractivity contribution in [1.82, 2.24) is 0 Å². The van der Waals surface area contributed by atoms with Crippen molar-refractivity contribution >= 4 is 18.5 Å². The van der Waals surface area contributed by atoms with E-state index < -0.39 is 53.4 Å². The van der Waals surface area contributed by atoms with Crippen LogP contribution in [0.15, 0.2) is 11.6 Å². The lowest BCUT2D eigenvalue weighted by molar-refractivity contribution is -0.221. The van der Waals surface area contributed by atoms with Gasteiger partial charge in [0.2, 0.25) is 0 Å². The standard InChI is InChI=1S/C28H40O11/c1-26-9-6-16(36-23(30)33-3)12-15(26)13-18(37-24(31)34-4)21-17-7-10-28(11-8-20(29)39-28)27(17,2)14-19(22(21)26)38-25(32)35-5/h13,16-22,29H,6-12,14H2,1-5H3/t16-,17?,18-,19+,20?,21?,22?,26-,27-,28?/m0/s1. The molecular formula is C28H40O11. The van der Waals surface area contributed by atoms with Gasteiger partial charge in [-0.05, 0) is 55.9 Å². The van der Waals surface area contributed by atoms with Crippen LogP contribution in [0.5, 0.6) is 0 Å². The van der Waals surface area contributed by atoms with E-state index >= 15 is 0 Å². The van der Waals surface area contributed by atoms with Crippen LogP contribution in [0.4, 0.5) is 14.4 Å². The molecule has 5 unspecified atom stereocenters. The molecule has 0 aromatic rings. The third kappa shape index (κ3) is 4.45. The minimum Gasteiger partial charge on any atom is -0.438 e. The quantitative estimate of drug-likeness (QED) is 0.301. The molecule has 10 atom stereocenters. The Morgan fingerprint density at radius 3 is 2.18 bits per heavy atom. The molecule has 1 heterocycles. The van der Waals surface area contributed by atoms with E-state index in [0.717, 1.165) is 18.4 Å². The fourth-order valence-corrected chi connectivity index (χ4v) is 8.93. The third-order valence-corrected chi connectivity index (χ3v) is 10.7. The predicted octanol–water partition coefficient (Wildman–Crippen LogP) is 4.49. The highest BCUT2D eigenvalue weighted by molar-refractivity contribution is 5.61. The molecule has 11 heteroatoms. The molecule has 0 amide bonds. The van der Waals surface area contributed by atoms with Crippen molar-refractivity contribution in [1.29, 1.82) is 0 Å². The minimum absolute atomic E-state index is 0.0682. The maximum Gasteiger partial charge on any atom is 0.508 e. The number of carbonyl (C=O) groups excluding carboxylic acids is 3. The van der Waals surface area contributed by atoms with Crippen LogP contribution >= 0.6 is 0 Å². The molecule has 0 aromatic heterocycles. The molecule has 3 saturated carbocycles. The number of methoxy groups -OCH3 is 3. The van der Waals surface area contributed by atoms with Gasteiger partial charge in [0.15, 0.2) is 6.29 Å². The van der Waals surface area contributed by atoms with Gasteiger partial charge in [-0.1, -0.05) is 19.4 Å². The van der Waals surface area contributed by atoms with E-state index in [0.29, 0.717) is 38.5 Å². The maximum absolute atomic E-state index is 12.6. The van der Waals surface area contributed by atoms with Gasteiger partial charge in [-0.3, -0.25) is 0 Å². The molecule has 1 saturated heterocycles. The Kier molecular flexibility index (Phi) is 7.28. The van der Waals surface area contributed by atoms with E-state index in [1.54, 1.807) is 0 Å². The largest absolute Gasteiger partial charge is 0.508 e. The van der Waals surface area contributed by atoms with Crippen LogP contribution in [-0.2, 0) is 33.2 Å². The Labute approximate surface area is 228 Å². The molecule has 4 fully saturated rings. The number of hydrogen-bond donors (Lipinski definition) is 1. The van der Waals surface area contributed by atoms with E-state index in [1.165, 1.54) is 21.3 Å². The Morgan fingerprint density at radius 1 is 0.897 bits per heavy atom. The van der Waals surface area contributed by atoms with E-state index in [-0.39, 0.29) is 23.9 Å². The van der Waals surface area contributed by atoms with Crippen molar-refractivity contribution in [3.63, 3.8) is 0 Å². The smallest absolute Gasteiger partial charge is 0.438 e. The predicted molar refractivity (Wildman–Crippen MR) is 133 cm³/mol. The van der Waals surface area contributed by atoms with Gasteiger partial charge in [0.25, 0.3) is 0 Å². The van der Waals surface area contributed by atoms with Crippen molar-refractivity contribution in [2.45, 2.75) is 95.4 Å². The zero-order valence-electron chi connectivity index (χ0n) is 23.3.